The lowest BCUT2D eigenvalue weighted by Gasteiger charge is -2.16. The Morgan fingerprint density at radius 3 is 2.54 bits per heavy atom. The van der Waals surface area contributed by atoms with Crippen LogP contribution >= 0.6 is 15.9 Å². The Balaban J connectivity index is 1.78. The largest absolute Gasteiger partial charge is 0.315 e. The first-order valence-electron chi connectivity index (χ1n) is 7.62. The highest BCUT2D eigenvalue weighted by molar-refractivity contribution is 9.10. The highest BCUT2D eigenvalue weighted by Crippen LogP contribution is 2.33. The van der Waals surface area contributed by atoms with Gasteiger partial charge in [0.2, 0.25) is 5.91 Å². The fraction of sp³-hybridized carbons (Fsp3) is 0.167. The number of nitrogens with zero attached hydrogens (tertiary/aromatic N) is 3. The summed E-state index contributed by atoms with van der Waals surface area (Å²) in [5.74, 6) is 0.332. The SMILES string of the molecule is Cc1nc2ccccc2n1C1CC(=O)N(c2ccc(Br)cc2)C1=O. The lowest BCUT2D eigenvalue weighted by molar-refractivity contribution is -0.122. The molecule has 4 rings (SSSR count). The first kappa shape index (κ1) is 15.1. The molecule has 0 bridgehead atoms. The average Bonchev–Trinajstić information content (AvgIpc) is 3.04. The number of carbonyl (C=O) groups is 2. The second-order valence-electron chi connectivity index (χ2n) is 5.78. The summed E-state index contributed by atoms with van der Waals surface area (Å²) < 4.78 is 2.77. The molecule has 1 aromatic heterocycles. The molecule has 1 aliphatic rings. The van der Waals surface area contributed by atoms with Crippen LogP contribution in [0, 0.1) is 6.92 Å². The Morgan fingerprint density at radius 2 is 1.79 bits per heavy atom. The predicted molar refractivity (Wildman–Crippen MR) is 94.8 cm³/mol. The van der Waals surface area contributed by atoms with Crippen molar-refractivity contribution in [1.29, 1.82) is 0 Å². The molecule has 0 saturated carbocycles. The van der Waals surface area contributed by atoms with Gasteiger partial charge in [0.15, 0.2) is 0 Å². The summed E-state index contributed by atoms with van der Waals surface area (Å²) in [6.07, 6.45) is 0.149. The minimum atomic E-state index is -0.548. The number of benzene rings is 2. The van der Waals surface area contributed by atoms with Gasteiger partial charge in [-0.2, -0.15) is 0 Å². The summed E-state index contributed by atoms with van der Waals surface area (Å²) in [7, 11) is 0. The topological polar surface area (TPSA) is 55.2 Å². The van der Waals surface area contributed by atoms with E-state index in [4.69, 9.17) is 0 Å². The van der Waals surface area contributed by atoms with Crippen molar-refractivity contribution in [3.8, 4) is 0 Å². The Bertz CT molecular complexity index is 962. The first-order chi connectivity index (χ1) is 11.6. The van der Waals surface area contributed by atoms with Crippen LogP contribution in [0.15, 0.2) is 53.0 Å². The highest BCUT2D eigenvalue weighted by atomic mass is 79.9. The Hall–Kier alpha value is -2.47. The van der Waals surface area contributed by atoms with Gasteiger partial charge in [0.1, 0.15) is 11.9 Å². The standard InChI is InChI=1S/C18H14BrN3O2/c1-11-20-14-4-2-3-5-15(14)21(11)16-10-17(23)22(18(16)24)13-8-6-12(19)7-9-13/h2-9,16H,10H2,1H3. The van der Waals surface area contributed by atoms with Gasteiger partial charge >= 0.3 is 0 Å². The molecule has 2 heterocycles. The van der Waals surface area contributed by atoms with Crippen molar-refractivity contribution in [2.24, 2.45) is 0 Å². The van der Waals surface area contributed by atoms with E-state index in [1.807, 2.05) is 47.9 Å². The highest BCUT2D eigenvalue weighted by Gasteiger charge is 2.41. The number of aromatic nitrogens is 2. The van der Waals surface area contributed by atoms with Gasteiger partial charge < -0.3 is 4.57 Å². The third kappa shape index (κ3) is 2.26. The van der Waals surface area contributed by atoms with Crippen LogP contribution in [-0.4, -0.2) is 21.4 Å². The molecule has 3 aromatic rings. The van der Waals surface area contributed by atoms with Crippen LogP contribution in [0.2, 0.25) is 0 Å². The third-order valence-electron chi connectivity index (χ3n) is 4.29. The van der Waals surface area contributed by atoms with E-state index in [1.54, 1.807) is 12.1 Å². The molecule has 0 aliphatic carbocycles. The monoisotopic (exact) mass is 383 g/mol. The quantitative estimate of drug-likeness (QED) is 0.635. The zero-order chi connectivity index (χ0) is 16.8. The summed E-state index contributed by atoms with van der Waals surface area (Å²) in [6, 6.07) is 14.3. The van der Waals surface area contributed by atoms with Gasteiger partial charge in [-0.3, -0.25) is 9.59 Å². The van der Waals surface area contributed by atoms with E-state index < -0.39 is 6.04 Å². The molecule has 1 saturated heterocycles. The number of hydrogen-bond acceptors (Lipinski definition) is 3. The van der Waals surface area contributed by atoms with Crippen LogP contribution in [0.1, 0.15) is 18.3 Å². The lowest BCUT2D eigenvalue weighted by Crippen LogP contribution is -2.31. The molecule has 5 nitrogen and oxygen atoms in total. The maximum atomic E-state index is 12.9. The van der Waals surface area contributed by atoms with Crippen LogP contribution in [0.5, 0.6) is 0 Å². The fourth-order valence-corrected chi connectivity index (χ4v) is 3.50. The van der Waals surface area contributed by atoms with E-state index in [0.717, 1.165) is 21.3 Å². The van der Waals surface area contributed by atoms with E-state index in [1.165, 1.54) is 4.90 Å². The van der Waals surface area contributed by atoms with Gasteiger partial charge in [-0.05, 0) is 43.3 Å². The molecule has 6 heteroatoms. The number of imide groups is 1. The van der Waals surface area contributed by atoms with Crippen molar-refractivity contribution in [3.63, 3.8) is 0 Å². The van der Waals surface area contributed by atoms with Crippen molar-refractivity contribution in [2.45, 2.75) is 19.4 Å². The van der Waals surface area contributed by atoms with Crippen LogP contribution < -0.4 is 4.90 Å². The molecule has 0 N–H and O–H groups in total. The molecule has 0 radical (unpaired) electrons. The summed E-state index contributed by atoms with van der Waals surface area (Å²) >= 11 is 3.36. The number of aryl methyl sites for hydroxylation is 1. The number of para-hydroxylation sites is 2. The number of fused-ring (bicyclic) bond motifs is 1. The molecule has 1 unspecified atom stereocenters. The number of halogens is 1. The summed E-state index contributed by atoms with van der Waals surface area (Å²) in [4.78, 5) is 31.2. The smallest absolute Gasteiger partial charge is 0.257 e. The van der Waals surface area contributed by atoms with Crippen molar-refractivity contribution >= 4 is 44.5 Å². The lowest BCUT2D eigenvalue weighted by atomic mass is 10.2. The number of hydrogen-bond donors (Lipinski definition) is 0. The average molecular weight is 384 g/mol. The van der Waals surface area contributed by atoms with E-state index in [0.29, 0.717) is 5.69 Å². The van der Waals surface area contributed by atoms with E-state index in [-0.39, 0.29) is 18.2 Å². The molecule has 0 spiro atoms. The number of carbonyl (C=O) groups excluding carboxylic acids is 2. The number of anilines is 1. The van der Waals surface area contributed by atoms with Crippen LogP contribution in [0.3, 0.4) is 0 Å². The molecule has 1 atom stereocenters. The Labute approximate surface area is 147 Å². The van der Waals surface area contributed by atoms with Crippen LogP contribution in [-0.2, 0) is 9.59 Å². The Kier molecular flexibility index (Phi) is 3.49. The zero-order valence-corrected chi connectivity index (χ0v) is 14.5. The zero-order valence-electron chi connectivity index (χ0n) is 12.9. The summed E-state index contributed by atoms with van der Waals surface area (Å²) in [5.41, 5.74) is 2.30. The maximum Gasteiger partial charge on any atom is 0.257 e. The Morgan fingerprint density at radius 1 is 1.08 bits per heavy atom. The van der Waals surface area contributed by atoms with Crippen molar-refractivity contribution in [2.75, 3.05) is 4.90 Å². The van der Waals surface area contributed by atoms with Gasteiger partial charge in [-0.15, -0.1) is 0 Å². The van der Waals surface area contributed by atoms with E-state index in [2.05, 4.69) is 20.9 Å². The second-order valence-corrected chi connectivity index (χ2v) is 6.70. The molecule has 2 amide bonds. The third-order valence-corrected chi connectivity index (χ3v) is 4.82. The normalized spacial score (nSPS) is 17.9. The summed E-state index contributed by atoms with van der Waals surface area (Å²) in [6.45, 7) is 1.86. The van der Waals surface area contributed by atoms with E-state index in [9.17, 15) is 9.59 Å². The molecular formula is C18H14BrN3O2. The number of amides is 2. The van der Waals surface area contributed by atoms with Gasteiger partial charge in [0, 0.05) is 4.47 Å². The van der Waals surface area contributed by atoms with Gasteiger partial charge in [-0.25, -0.2) is 9.88 Å². The first-order valence-corrected chi connectivity index (χ1v) is 8.41. The van der Waals surface area contributed by atoms with E-state index >= 15 is 0 Å². The van der Waals surface area contributed by atoms with Crippen molar-refractivity contribution in [1.82, 2.24) is 9.55 Å². The molecular weight excluding hydrogens is 370 g/mol. The molecule has 1 fully saturated rings. The van der Waals surface area contributed by atoms with Crippen molar-refractivity contribution in [3.05, 3.63) is 58.8 Å². The van der Waals surface area contributed by atoms with Crippen molar-refractivity contribution < 1.29 is 9.59 Å². The maximum absolute atomic E-state index is 12.9. The fourth-order valence-electron chi connectivity index (χ4n) is 3.24. The van der Waals surface area contributed by atoms with Gasteiger partial charge in [-0.1, -0.05) is 28.1 Å². The predicted octanol–water partition coefficient (Wildman–Crippen LogP) is 3.61. The summed E-state index contributed by atoms with van der Waals surface area (Å²) in [5, 5.41) is 0. The number of imidazole rings is 1. The van der Waals surface area contributed by atoms with Gasteiger partial charge in [0.25, 0.3) is 5.91 Å². The molecule has 120 valence electrons. The van der Waals surface area contributed by atoms with Crippen LogP contribution in [0.4, 0.5) is 5.69 Å². The second kappa shape index (κ2) is 5.56. The van der Waals surface area contributed by atoms with Crippen LogP contribution in [0.25, 0.3) is 11.0 Å². The minimum absolute atomic E-state index is 0.149. The number of rotatable bonds is 2. The molecule has 1 aliphatic heterocycles. The molecule has 2 aromatic carbocycles. The molecule has 24 heavy (non-hydrogen) atoms. The minimum Gasteiger partial charge on any atom is -0.315 e. The van der Waals surface area contributed by atoms with Gasteiger partial charge in [0.05, 0.1) is 23.1 Å².